The molecule has 4 N–H and O–H groups in total. The van der Waals surface area contributed by atoms with E-state index in [4.69, 9.17) is 0 Å². The quantitative estimate of drug-likeness (QED) is 0.645. The highest BCUT2D eigenvalue weighted by atomic mass is 19.1. The molecule has 142 valence electrons. The predicted octanol–water partition coefficient (Wildman–Crippen LogP) is 1.10. The van der Waals surface area contributed by atoms with Gasteiger partial charge in [0, 0.05) is 12.1 Å². The van der Waals surface area contributed by atoms with Crippen LogP contribution in [0.2, 0.25) is 0 Å². The van der Waals surface area contributed by atoms with Gasteiger partial charge in [0.25, 0.3) is 5.91 Å². The van der Waals surface area contributed by atoms with Crippen LogP contribution < -0.4 is 16.0 Å². The Kier molecular flexibility index (Phi) is 5.88. The molecule has 26 heavy (non-hydrogen) atoms. The smallest absolute Gasteiger partial charge is 0.252 e. The fraction of sp³-hybridized carbons (Fsp3) is 0.579. The molecule has 1 aliphatic heterocycles. The van der Waals surface area contributed by atoms with Gasteiger partial charge in [-0.25, -0.2) is 4.39 Å². The van der Waals surface area contributed by atoms with Crippen LogP contribution in [-0.2, 0) is 4.79 Å². The number of piperidine rings is 1. The number of halogens is 1. The third kappa shape index (κ3) is 4.22. The molecule has 2 fully saturated rings. The topological polar surface area (TPSA) is 90.5 Å². The van der Waals surface area contributed by atoms with Gasteiger partial charge in [0.1, 0.15) is 11.4 Å². The van der Waals surface area contributed by atoms with Crippen molar-refractivity contribution in [2.75, 3.05) is 13.1 Å². The highest BCUT2D eigenvalue weighted by Gasteiger charge is 2.42. The maximum atomic E-state index is 13.1. The fourth-order valence-corrected chi connectivity index (χ4v) is 3.77. The Morgan fingerprint density at radius 1 is 1.15 bits per heavy atom. The summed E-state index contributed by atoms with van der Waals surface area (Å²) in [5.74, 6) is -1.03. The number of β-amino-alcohol motifs (C(OH)–C–C–N with tert-alkyl or cyclic N) is 1. The molecule has 0 radical (unpaired) electrons. The second kappa shape index (κ2) is 8.14. The van der Waals surface area contributed by atoms with Gasteiger partial charge in [-0.3, -0.25) is 9.59 Å². The van der Waals surface area contributed by atoms with E-state index in [0.717, 1.165) is 25.8 Å². The lowest BCUT2D eigenvalue weighted by atomic mass is 9.80. The molecule has 0 bridgehead atoms. The summed E-state index contributed by atoms with van der Waals surface area (Å²) in [5.41, 5.74) is -0.653. The van der Waals surface area contributed by atoms with Crippen molar-refractivity contribution in [2.24, 2.45) is 0 Å². The van der Waals surface area contributed by atoms with Gasteiger partial charge in [-0.05, 0) is 50.1 Å². The van der Waals surface area contributed by atoms with Gasteiger partial charge in [-0.1, -0.05) is 19.3 Å². The zero-order valence-corrected chi connectivity index (χ0v) is 14.8. The maximum absolute atomic E-state index is 13.1. The number of benzene rings is 1. The maximum Gasteiger partial charge on any atom is 0.252 e. The van der Waals surface area contributed by atoms with Gasteiger partial charge < -0.3 is 21.1 Å². The molecule has 2 unspecified atom stereocenters. The molecule has 7 heteroatoms. The number of amides is 2. The first kappa shape index (κ1) is 18.8. The Labute approximate surface area is 152 Å². The lowest BCUT2D eigenvalue weighted by Gasteiger charge is -2.39. The minimum Gasteiger partial charge on any atom is -0.390 e. The average Bonchev–Trinajstić information content (AvgIpc) is 2.65. The van der Waals surface area contributed by atoms with Crippen molar-refractivity contribution >= 4 is 11.8 Å². The highest BCUT2D eigenvalue weighted by molar-refractivity contribution is 5.99. The van der Waals surface area contributed by atoms with E-state index in [2.05, 4.69) is 16.0 Å². The van der Waals surface area contributed by atoms with Crippen LogP contribution in [0.25, 0.3) is 0 Å². The Bertz CT molecular complexity index is 644. The summed E-state index contributed by atoms with van der Waals surface area (Å²) < 4.78 is 13.1. The van der Waals surface area contributed by atoms with E-state index in [-0.39, 0.29) is 17.9 Å². The number of aliphatic hydroxyl groups is 1. The minimum absolute atomic E-state index is 0.237. The molecular weight excluding hydrogens is 337 g/mol. The highest BCUT2D eigenvalue weighted by Crippen LogP contribution is 2.29. The van der Waals surface area contributed by atoms with Gasteiger partial charge in [0.05, 0.1) is 12.1 Å². The van der Waals surface area contributed by atoms with Crippen LogP contribution in [0.15, 0.2) is 24.3 Å². The number of carbonyl (C=O) groups excluding carboxylic acids is 2. The van der Waals surface area contributed by atoms with Crippen LogP contribution in [0.3, 0.4) is 0 Å². The summed E-state index contributed by atoms with van der Waals surface area (Å²) in [6, 6.07) is 4.97. The van der Waals surface area contributed by atoms with E-state index in [1.807, 2.05) is 0 Å². The van der Waals surface area contributed by atoms with E-state index in [1.165, 1.54) is 24.3 Å². The fourth-order valence-electron chi connectivity index (χ4n) is 3.77. The first-order chi connectivity index (χ1) is 12.5. The molecule has 0 aromatic heterocycles. The van der Waals surface area contributed by atoms with Crippen molar-refractivity contribution < 1.29 is 19.1 Å². The zero-order chi connectivity index (χ0) is 18.6. The van der Waals surface area contributed by atoms with Crippen LogP contribution >= 0.6 is 0 Å². The summed E-state index contributed by atoms with van der Waals surface area (Å²) in [7, 11) is 0. The first-order valence-corrected chi connectivity index (χ1v) is 9.28. The summed E-state index contributed by atoms with van der Waals surface area (Å²) in [5, 5.41) is 19.0. The summed E-state index contributed by atoms with van der Waals surface area (Å²) >= 11 is 0. The van der Waals surface area contributed by atoms with Crippen LogP contribution in [0.5, 0.6) is 0 Å². The van der Waals surface area contributed by atoms with Crippen molar-refractivity contribution in [3.05, 3.63) is 35.6 Å². The molecule has 2 amide bonds. The molecular formula is C19H26FN3O3. The number of hydrogen-bond donors (Lipinski definition) is 4. The van der Waals surface area contributed by atoms with Gasteiger partial charge >= 0.3 is 0 Å². The second-order valence-electron chi connectivity index (χ2n) is 7.24. The lowest BCUT2D eigenvalue weighted by molar-refractivity contribution is -0.130. The summed E-state index contributed by atoms with van der Waals surface area (Å²) in [6.07, 6.45) is 3.87. The number of nitrogens with one attached hydrogen (secondary N) is 3. The molecule has 6 nitrogen and oxygen atoms in total. The van der Waals surface area contributed by atoms with Crippen molar-refractivity contribution in [3.8, 4) is 0 Å². The molecule has 2 aliphatic rings. The number of carbonyl (C=O) groups is 2. The molecule has 1 heterocycles. The van der Waals surface area contributed by atoms with Crippen LogP contribution in [-0.4, -0.2) is 47.7 Å². The van der Waals surface area contributed by atoms with Crippen molar-refractivity contribution in [1.82, 2.24) is 16.0 Å². The molecule has 2 atom stereocenters. The SMILES string of the molecule is O=C(NC1(C(=O)NC2CCNCC2O)CCCCC1)c1ccc(F)cc1. The third-order valence-electron chi connectivity index (χ3n) is 5.37. The normalized spacial score (nSPS) is 25.3. The van der Waals surface area contributed by atoms with E-state index in [0.29, 0.717) is 31.4 Å². The van der Waals surface area contributed by atoms with Crippen molar-refractivity contribution in [3.63, 3.8) is 0 Å². The zero-order valence-electron chi connectivity index (χ0n) is 14.8. The summed E-state index contributed by atoms with van der Waals surface area (Å²) in [4.78, 5) is 25.7. The standard InChI is InChI=1S/C19H26FN3O3/c20-14-6-4-13(5-7-14)17(25)23-19(9-2-1-3-10-19)18(26)22-15-8-11-21-12-16(15)24/h4-7,15-16,21,24H,1-3,8-12H2,(H,22,26)(H,23,25). The van der Waals surface area contributed by atoms with E-state index in [9.17, 15) is 19.1 Å². The number of aliphatic hydroxyl groups excluding tert-OH is 1. The van der Waals surface area contributed by atoms with Gasteiger partial charge in [-0.2, -0.15) is 0 Å². The van der Waals surface area contributed by atoms with Crippen molar-refractivity contribution in [1.29, 1.82) is 0 Å². The van der Waals surface area contributed by atoms with Crippen LogP contribution in [0.1, 0.15) is 48.9 Å². The third-order valence-corrected chi connectivity index (χ3v) is 5.37. The summed E-state index contributed by atoms with van der Waals surface area (Å²) in [6.45, 7) is 1.18. The number of rotatable bonds is 4. The molecule has 1 aromatic carbocycles. The number of hydrogen-bond acceptors (Lipinski definition) is 4. The first-order valence-electron chi connectivity index (χ1n) is 9.28. The molecule has 1 aromatic rings. The molecule has 1 saturated carbocycles. The molecule has 1 aliphatic carbocycles. The predicted molar refractivity (Wildman–Crippen MR) is 95.1 cm³/mol. The van der Waals surface area contributed by atoms with Gasteiger partial charge in [0.2, 0.25) is 5.91 Å². The van der Waals surface area contributed by atoms with Crippen LogP contribution in [0, 0.1) is 5.82 Å². The lowest BCUT2D eigenvalue weighted by Crippen LogP contribution is -2.63. The van der Waals surface area contributed by atoms with Crippen LogP contribution in [0.4, 0.5) is 4.39 Å². The molecule has 1 saturated heterocycles. The van der Waals surface area contributed by atoms with E-state index >= 15 is 0 Å². The van der Waals surface area contributed by atoms with Crippen molar-refractivity contribution in [2.45, 2.75) is 56.2 Å². The molecule has 0 spiro atoms. The van der Waals surface area contributed by atoms with E-state index < -0.39 is 17.5 Å². The average molecular weight is 363 g/mol. The Balaban J connectivity index is 1.73. The van der Waals surface area contributed by atoms with E-state index in [1.54, 1.807) is 0 Å². The largest absolute Gasteiger partial charge is 0.390 e. The Hall–Kier alpha value is -1.99. The molecule has 3 rings (SSSR count). The second-order valence-corrected chi connectivity index (χ2v) is 7.24. The monoisotopic (exact) mass is 363 g/mol. The Morgan fingerprint density at radius 2 is 1.85 bits per heavy atom. The minimum atomic E-state index is -0.978. The van der Waals surface area contributed by atoms with Gasteiger partial charge in [0.15, 0.2) is 0 Å². The Morgan fingerprint density at radius 3 is 2.50 bits per heavy atom. The van der Waals surface area contributed by atoms with Gasteiger partial charge in [-0.15, -0.1) is 0 Å².